The predicted molar refractivity (Wildman–Crippen MR) is 94.0 cm³/mol. The predicted octanol–water partition coefficient (Wildman–Crippen LogP) is 0.758. The Morgan fingerprint density at radius 2 is 2.12 bits per heavy atom. The largest absolute Gasteiger partial charge is 0.355 e. The normalized spacial score (nSPS) is 18.2. The first-order valence-electron chi connectivity index (χ1n) is 8.36. The number of rotatable bonds is 4. The second-order valence-corrected chi connectivity index (χ2v) is 6.24. The van der Waals surface area contributed by atoms with Gasteiger partial charge in [-0.1, -0.05) is 12.1 Å². The second kappa shape index (κ2) is 7.48. The zero-order chi connectivity index (χ0) is 17.8. The van der Waals surface area contributed by atoms with E-state index in [4.69, 9.17) is 0 Å². The van der Waals surface area contributed by atoms with Gasteiger partial charge in [0.15, 0.2) is 0 Å². The van der Waals surface area contributed by atoms with Gasteiger partial charge >= 0.3 is 0 Å². The molecule has 7 nitrogen and oxygen atoms in total. The van der Waals surface area contributed by atoms with E-state index in [1.165, 1.54) is 0 Å². The van der Waals surface area contributed by atoms with Gasteiger partial charge in [0.1, 0.15) is 6.54 Å². The molecule has 0 radical (unpaired) electrons. The zero-order valence-electron chi connectivity index (χ0n) is 14.6. The molecular weight excluding hydrogens is 318 g/mol. The zero-order valence-corrected chi connectivity index (χ0v) is 14.6. The van der Waals surface area contributed by atoms with Crippen molar-refractivity contribution >= 4 is 11.8 Å². The molecule has 1 fully saturated rings. The van der Waals surface area contributed by atoms with Gasteiger partial charge in [0, 0.05) is 44.6 Å². The van der Waals surface area contributed by atoms with Crippen molar-refractivity contribution in [1.82, 2.24) is 24.9 Å². The minimum atomic E-state index is -0.105. The van der Waals surface area contributed by atoms with Gasteiger partial charge in [-0.15, -0.1) is 0 Å². The minimum absolute atomic E-state index is 0.0595. The number of likely N-dealkylation sites (N-methyl/N-ethyl adjacent to an activating group) is 1. The average Bonchev–Trinajstić information content (AvgIpc) is 3.14. The van der Waals surface area contributed by atoms with E-state index < -0.39 is 0 Å². The molecule has 132 valence electrons. The fourth-order valence-electron chi connectivity index (χ4n) is 3.12. The summed E-state index contributed by atoms with van der Waals surface area (Å²) in [6, 6.07) is 9.48. The van der Waals surface area contributed by atoms with Gasteiger partial charge in [-0.25, -0.2) is 0 Å². The maximum Gasteiger partial charge on any atom is 0.251 e. The minimum Gasteiger partial charge on any atom is -0.355 e. The van der Waals surface area contributed by atoms with Crippen molar-refractivity contribution in [2.45, 2.75) is 12.6 Å². The van der Waals surface area contributed by atoms with E-state index in [9.17, 15) is 9.59 Å². The van der Waals surface area contributed by atoms with Crippen LogP contribution in [0, 0.1) is 0 Å². The first-order valence-corrected chi connectivity index (χ1v) is 8.36. The molecule has 3 rings (SSSR count). The molecule has 1 saturated heterocycles. The van der Waals surface area contributed by atoms with Crippen LogP contribution in [-0.4, -0.2) is 65.1 Å². The first-order chi connectivity index (χ1) is 12.1. The van der Waals surface area contributed by atoms with Crippen molar-refractivity contribution in [2.24, 2.45) is 0 Å². The number of piperazine rings is 1. The maximum absolute atomic E-state index is 12.6. The fraction of sp³-hybridized carbons (Fsp3) is 0.389. The summed E-state index contributed by atoms with van der Waals surface area (Å²) in [6.45, 7) is 2.34. The topological polar surface area (TPSA) is 70.5 Å². The van der Waals surface area contributed by atoms with E-state index in [-0.39, 0.29) is 24.4 Å². The maximum atomic E-state index is 12.6. The van der Waals surface area contributed by atoms with Crippen LogP contribution in [0.1, 0.15) is 22.0 Å². The van der Waals surface area contributed by atoms with Crippen LogP contribution in [0.3, 0.4) is 0 Å². The molecule has 1 aromatic heterocycles. The molecule has 2 amide bonds. The fourth-order valence-corrected chi connectivity index (χ4v) is 3.12. The molecule has 7 heteroatoms. The van der Waals surface area contributed by atoms with Crippen molar-refractivity contribution in [3.8, 4) is 0 Å². The van der Waals surface area contributed by atoms with Crippen LogP contribution >= 0.6 is 0 Å². The van der Waals surface area contributed by atoms with Crippen LogP contribution in [0.15, 0.2) is 42.7 Å². The van der Waals surface area contributed by atoms with Gasteiger partial charge in [-0.05, 0) is 30.8 Å². The summed E-state index contributed by atoms with van der Waals surface area (Å²) in [5, 5.41) is 6.75. The summed E-state index contributed by atoms with van der Waals surface area (Å²) in [5.41, 5.74) is 1.67. The van der Waals surface area contributed by atoms with Crippen LogP contribution < -0.4 is 5.32 Å². The molecule has 25 heavy (non-hydrogen) atoms. The number of carbonyl (C=O) groups excluding carboxylic acids is 2. The van der Waals surface area contributed by atoms with Crippen LogP contribution in [0.4, 0.5) is 0 Å². The Kier molecular flexibility index (Phi) is 5.14. The molecule has 0 aliphatic carbocycles. The Morgan fingerprint density at radius 1 is 1.28 bits per heavy atom. The lowest BCUT2D eigenvalue weighted by atomic mass is 10.00. The summed E-state index contributed by atoms with van der Waals surface area (Å²) in [6.07, 6.45) is 3.46. The molecule has 1 N–H and O–H groups in total. The lowest BCUT2D eigenvalue weighted by Crippen LogP contribution is -2.49. The highest BCUT2D eigenvalue weighted by molar-refractivity contribution is 5.94. The van der Waals surface area contributed by atoms with Gasteiger partial charge in [0.2, 0.25) is 5.91 Å². The van der Waals surface area contributed by atoms with Crippen molar-refractivity contribution < 1.29 is 9.59 Å². The van der Waals surface area contributed by atoms with Crippen molar-refractivity contribution in [3.05, 3.63) is 53.9 Å². The molecule has 0 spiro atoms. The van der Waals surface area contributed by atoms with Gasteiger partial charge in [0.05, 0.1) is 6.04 Å². The number of benzene rings is 1. The van der Waals surface area contributed by atoms with Gasteiger partial charge in [-0.3, -0.25) is 19.2 Å². The third-order valence-corrected chi connectivity index (χ3v) is 4.62. The summed E-state index contributed by atoms with van der Waals surface area (Å²) in [7, 11) is 3.67. The number of aromatic nitrogens is 2. The van der Waals surface area contributed by atoms with Crippen LogP contribution in [-0.2, 0) is 11.3 Å². The van der Waals surface area contributed by atoms with Gasteiger partial charge in [-0.2, -0.15) is 5.10 Å². The van der Waals surface area contributed by atoms with Crippen molar-refractivity contribution in [2.75, 3.05) is 33.7 Å². The Morgan fingerprint density at radius 3 is 2.84 bits per heavy atom. The molecule has 1 aliphatic rings. The average molecular weight is 341 g/mol. The van der Waals surface area contributed by atoms with Gasteiger partial charge in [0.25, 0.3) is 5.91 Å². The quantitative estimate of drug-likeness (QED) is 0.891. The molecular formula is C18H23N5O2. The smallest absolute Gasteiger partial charge is 0.251 e. The molecule has 1 atom stereocenters. The van der Waals surface area contributed by atoms with E-state index in [1.54, 1.807) is 30.2 Å². The number of amides is 2. The number of hydrogen-bond acceptors (Lipinski definition) is 4. The summed E-state index contributed by atoms with van der Waals surface area (Å²) >= 11 is 0. The second-order valence-electron chi connectivity index (χ2n) is 6.24. The highest BCUT2D eigenvalue weighted by atomic mass is 16.2. The summed E-state index contributed by atoms with van der Waals surface area (Å²) < 4.78 is 1.64. The molecule has 1 unspecified atom stereocenters. The molecule has 0 saturated carbocycles. The molecule has 0 bridgehead atoms. The van der Waals surface area contributed by atoms with Crippen molar-refractivity contribution in [3.63, 3.8) is 0 Å². The molecule has 1 aromatic carbocycles. The van der Waals surface area contributed by atoms with Crippen molar-refractivity contribution in [1.29, 1.82) is 0 Å². The molecule has 2 heterocycles. The number of carbonyl (C=O) groups is 2. The Balaban J connectivity index is 1.74. The Bertz CT molecular complexity index is 744. The Hall–Kier alpha value is -2.67. The van der Waals surface area contributed by atoms with E-state index in [2.05, 4.69) is 15.3 Å². The lowest BCUT2D eigenvalue weighted by Gasteiger charge is -2.39. The van der Waals surface area contributed by atoms with Crippen LogP contribution in [0.2, 0.25) is 0 Å². The van der Waals surface area contributed by atoms with E-state index in [1.807, 2.05) is 36.2 Å². The van der Waals surface area contributed by atoms with E-state index in [0.717, 1.165) is 12.1 Å². The van der Waals surface area contributed by atoms with E-state index >= 15 is 0 Å². The lowest BCUT2D eigenvalue weighted by molar-refractivity contribution is -0.134. The third-order valence-electron chi connectivity index (χ3n) is 4.62. The standard InChI is InChI=1S/C18H23N5O2/c1-19-18(25)15-6-3-5-14(11-15)16-12-22(10-9-21(16)2)17(24)13-23-8-4-7-20-23/h3-8,11,16H,9-10,12-13H2,1-2H3,(H,19,25). The number of hydrogen-bond donors (Lipinski definition) is 1. The van der Waals surface area contributed by atoms with E-state index in [0.29, 0.717) is 18.7 Å². The third kappa shape index (κ3) is 3.88. The number of nitrogens with zero attached hydrogens (tertiary/aromatic N) is 4. The SMILES string of the molecule is CNC(=O)c1cccc(C2CN(C(=O)Cn3cccn3)CCN2C)c1. The Labute approximate surface area is 147 Å². The highest BCUT2D eigenvalue weighted by Crippen LogP contribution is 2.25. The summed E-state index contributed by atoms with van der Waals surface area (Å²) in [4.78, 5) is 28.5. The van der Waals surface area contributed by atoms with Crippen LogP contribution in [0.25, 0.3) is 0 Å². The number of nitrogens with one attached hydrogen (secondary N) is 1. The molecule has 1 aliphatic heterocycles. The van der Waals surface area contributed by atoms with Gasteiger partial charge < -0.3 is 10.2 Å². The molecule has 2 aromatic rings. The highest BCUT2D eigenvalue weighted by Gasteiger charge is 2.28. The monoisotopic (exact) mass is 341 g/mol. The summed E-state index contributed by atoms with van der Waals surface area (Å²) in [5.74, 6) is -0.0452. The van der Waals surface area contributed by atoms with Crippen LogP contribution in [0.5, 0.6) is 0 Å². The first kappa shape index (κ1) is 17.2.